The quantitative estimate of drug-likeness (QED) is 0.818. The lowest BCUT2D eigenvalue weighted by molar-refractivity contribution is -0.142. The number of amides is 1. The predicted octanol–water partition coefficient (Wildman–Crippen LogP) is 2.33. The fourth-order valence-electron chi connectivity index (χ4n) is 4.06. The average molecular weight is 251 g/mol. The monoisotopic (exact) mass is 251 g/mol. The second-order valence-corrected chi connectivity index (χ2v) is 6.65. The van der Waals surface area contributed by atoms with Gasteiger partial charge in [-0.1, -0.05) is 12.8 Å². The fraction of sp³-hybridized carbons (Fsp3) is 0.933. The van der Waals surface area contributed by atoms with Crippen molar-refractivity contribution in [2.75, 3.05) is 13.1 Å². The van der Waals surface area contributed by atoms with Gasteiger partial charge < -0.3 is 10.0 Å². The van der Waals surface area contributed by atoms with Gasteiger partial charge in [-0.3, -0.25) is 4.79 Å². The van der Waals surface area contributed by atoms with Crippen molar-refractivity contribution in [1.29, 1.82) is 0 Å². The molecular formula is C15H25NO2. The summed E-state index contributed by atoms with van der Waals surface area (Å²) < 4.78 is 0. The number of piperidine rings is 1. The molecule has 0 radical (unpaired) electrons. The van der Waals surface area contributed by atoms with E-state index in [-0.39, 0.29) is 11.5 Å². The Kier molecular flexibility index (Phi) is 3.35. The highest BCUT2D eigenvalue weighted by molar-refractivity contribution is 5.76. The van der Waals surface area contributed by atoms with E-state index in [1.54, 1.807) is 0 Å². The summed E-state index contributed by atoms with van der Waals surface area (Å²) in [5, 5.41) is 9.87. The smallest absolute Gasteiger partial charge is 0.222 e. The number of hydrogen-bond acceptors (Lipinski definition) is 2. The molecule has 3 nitrogen and oxygen atoms in total. The van der Waals surface area contributed by atoms with Crippen molar-refractivity contribution in [3.05, 3.63) is 0 Å². The first-order chi connectivity index (χ1) is 8.70. The second-order valence-electron chi connectivity index (χ2n) is 6.65. The third-order valence-electron chi connectivity index (χ3n) is 5.67. The molecule has 2 saturated carbocycles. The fourth-order valence-corrected chi connectivity index (χ4v) is 4.06. The van der Waals surface area contributed by atoms with E-state index in [1.807, 2.05) is 0 Å². The average Bonchev–Trinajstić information content (AvgIpc) is 2.90. The van der Waals surface area contributed by atoms with Crippen molar-refractivity contribution in [3.8, 4) is 0 Å². The van der Waals surface area contributed by atoms with E-state index >= 15 is 0 Å². The van der Waals surface area contributed by atoms with Gasteiger partial charge in [-0.15, -0.1) is 0 Å². The summed E-state index contributed by atoms with van der Waals surface area (Å²) in [7, 11) is 0. The molecule has 1 amide bonds. The number of carbonyl (C=O) groups excluding carboxylic acids is 1. The standard InChI is InChI=1S/C15H25NO2/c17-13-5-6-15(13)7-9-16(10-8-15)14(18)11-12-3-1-2-4-12/h12-13,17H,1-11H2. The van der Waals surface area contributed by atoms with Crippen LogP contribution in [-0.2, 0) is 4.79 Å². The zero-order valence-corrected chi connectivity index (χ0v) is 11.2. The number of likely N-dealkylation sites (tertiary alicyclic amines) is 1. The summed E-state index contributed by atoms with van der Waals surface area (Å²) in [6.07, 6.45) is 9.98. The highest BCUT2D eigenvalue weighted by Gasteiger charge is 2.47. The minimum Gasteiger partial charge on any atom is -0.393 e. The first kappa shape index (κ1) is 12.5. The van der Waals surface area contributed by atoms with Crippen molar-refractivity contribution in [3.63, 3.8) is 0 Å². The summed E-state index contributed by atoms with van der Waals surface area (Å²) in [6.45, 7) is 1.76. The van der Waals surface area contributed by atoms with Crippen LogP contribution in [0.25, 0.3) is 0 Å². The second kappa shape index (κ2) is 4.84. The zero-order chi connectivity index (χ0) is 12.6. The van der Waals surface area contributed by atoms with Crippen LogP contribution >= 0.6 is 0 Å². The van der Waals surface area contributed by atoms with Crippen molar-refractivity contribution < 1.29 is 9.90 Å². The third kappa shape index (κ3) is 2.18. The Balaban J connectivity index is 1.48. The van der Waals surface area contributed by atoms with Crippen LogP contribution in [0, 0.1) is 11.3 Å². The Labute approximate surface area is 110 Å². The van der Waals surface area contributed by atoms with Gasteiger partial charge in [0.1, 0.15) is 0 Å². The highest BCUT2D eigenvalue weighted by atomic mass is 16.3. The van der Waals surface area contributed by atoms with Gasteiger partial charge in [0.2, 0.25) is 5.91 Å². The van der Waals surface area contributed by atoms with E-state index in [0.717, 1.165) is 38.8 Å². The zero-order valence-electron chi connectivity index (χ0n) is 11.2. The summed E-state index contributed by atoms with van der Waals surface area (Å²) in [5.74, 6) is 1.02. The van der Waals surface area contributed by atoms with Gasteiger partial charge >= 0.3 is 0 Å². The van der Waals surface area contributed by atoms with Gasteiger partial charge in [-0.2, -0.15) is 0 Å². The highest BCUT2D eigenvalue weighted by Crippen LogP contribution is 2.49. The molecule has 3 aliphatic rings. The van der Waals surface area contributed by atoms with E-state index in [2.05, 4.69) is 4.90 Å². The van der Waals surface area contributed by atoms with Crippen LogP contribution in [-0.4, -0.2) is 35.1 Å². The maximum atomic E-state index is 12.2. The lowest BCUT2D eigenvalue weighted by Gasteiger charge is -2.51. The first-order valence-corrected chi connectivity index (χ1v) is 7.65. The van der Waals surface area contributed by atoms with Crippen molar-refractivity contribution in [2.24, 2.45) is 11.3 Å². The molecule has 18 heavy (non-hydrogen) atoms. The SMILES string of the molecule is O=C(CC1CCCC1)N1CCC2(CCC2O)CC1. The van der Waals surface area contributed by atoms with Gasteiger partial charge in [0.15, 0.2) is 0 Å². The number of aliphatic hydroxyl groups is 1. The Hall–Kier alpha value is -0.570. The molecule has 0 aromatic rings. The molecule has 0 aromatic carbocycles. The third-order valence-corrected chi connectivity index (χ3v) is 5.67. The maximum absolute atomic E-state index is 12.2. The molecule has 3 rings (SSSR count). The predicted molar refractivity (Wildman–Crippen MR) is 70.1 cm³/mol. The van der Waals surface area contributed by atoms with Gasteiger partial charge in [-0.25, -0.2) is 0 Å². The lowest BCUT2D eigenvalue weighted by Crippen LogP contribution is -2.53. The normalized spacial score (nSPS) is 31.6. The largest absolute Gasteiger partial charge is 0.393 e. The topological polar surface area (TPSA) is 40.5 Å². The molecule has 1 spiro atoms. The van der Waals surface area contributed by atoms with Gasteiger partial charge in [0, 0.05) is 19.5 Å². The first-order valence-electron chi connectivity index (χ1n) is 7.65. The van der Waals surface area contributed by atoms with E-state index in [4.69, 9.17) is 0 Å². The Morgan fingerprint density at radius 1 is 1.11 bits per heavy atom. The number of carbonyl (C=O) groups is 1. The molecule has 1 heterocycles. The van der Waals surface area contributed by atoms with Crippen LogP contribution in [0.3, 0.4) is 0 Å². The Bertz CT molecular complexity index is 314. The molecule has 3 heteroatoms. The molecule has 3 fully saturated rings. The van der Waals surface area contributed by atoms with Crippen molar-refractivity contribution in [1.82, 2.24) is 4.90 Å². The van der Waals surface area contributed by atoms with Crippen molar-refractivity contribution in [2.45, 2.75) is 63.9 Å². The summed E-state index contributed by atoms with van der Waals surface area (Å²) in [5.41, 5.74) is 0.185. The number of nitrogens with zero attached hydrogens (tertiary/aromatic N) is 1. The molecule has 1 unspecified atom stereocenters. The molecular weight excluding hydrogens is 226 g/mol. The van der Waals surface area contributed by atoms with Crippen LogP contribution < -0.4 is 0 Å². The molecule has 2 aliphatic carbocycles. The molecule has 1 saturated heterocycles. The molecule has 102 valence electrons. The van der Waals surface area contributed by atoms with Crippen LogP contribution in [0.1, 0.15) is 57.8 Å². The molecule has 1 N–H and O–H groups in total. The summed E-state index contributed by atoms with van der Waals surface area (Å²) in [6, 6.07) is 0. The molecule has 0 aromatic heterocycles. The van der Waals surface area contributed by atoms with Gasteiger partial charge in [0.05, 0.1) is 6.10 Å². The number of hydrogen-bond donors (Lipinski definition) is 1. The maximum Gasteiger partial charge on any atom is 0.222 e. The number of rotatable bonds is 2. The van der Waals surface area contributed by atoms with E-state index < -0.39 is 0 Å². The van der Waals surface area contributed by atoms with Gasteiger partial charge in [0.25, 0.3) is 0 Å². The Morgan fingerprint density at radius 2 is 1.78 bits per heavy atom. The van der Waals surface area contributed by atoms with Crippen LogP contribution in [0.5, 0.6) is 0 Å². The van der Waals surface area contributed by atoms with Crippen LogP contribution in [0.15, 0.2) is 0 Å². The van der Waals surface area contributed by atoms with Crippen LogP contribution in [0.4, 0.5) is 0 Å². The van der Waals surface area contributed by atoms with E-state index in [1.165, 1.54) is 32.1 Å². The minimum atomic E-state index is -0.0930. The summed E-state index contributed by atoms with van der Waals surface area (Å²) in [4.78, 5) is 14.3. The Morgan fingerprint density at radius 3 is 2.28 bits per heavy atom. The molecule has 1 atom stereocenters. The van der Waals surface area contributed by atoms with E-state index in [0.29, 0.717) is 11.8 Å². The molecule has 1 aliphatic heterocycles. The minimum absolute atomic E-state index is 0.0930. The molecule has 0 bridgehead atoms. The van der Waals surface area contributed by atoms with Gasteiger partial charge in [-0.05, 0) is 49.9 Å². The summed E-state index contributed by atoms with van der Waals surface area (Å²) >= 11 is 0. The van der Waals surface area contributed by atoms with Crippen molar-refractivity contribution >= 4 is 5.91 Å². The van der Waals surface area contributed by atoms with E-state index in [9.17, 15) is 9.90 Å². The number of aliphatic hydroxyl groups excluding tert-OH is 1. The van der Waals surface area contributed by atoms with Crippen LogP contribution in [0.2, 0.25) is 0 Å². The lowest BCUT2D eigenvalue weighted by atomic mass is 9.61.